The van der Waals surface area contributed by atoms with Gasteiger partial charge in [-0.05, 0) is 0 Å². The van der Waals surface area contributed by atoms with Crippen molar-refractivity contribution in [1.82, 2.24) is 4.98 Å². The minimum Gasteiger partial charge on any atom is -0.493 e. The summed E-state index contributed by atoms with van der Waals surface area (Å²) in [6.07, 6.45) is -2.35. The van der Waals surface area contributed by atoms with E-state index in [0.717, 1.165) is 6.20 Å². The second-order valence-corrected chi connectivity index (χ2v) is 2.98. The summed E-state index contributed by atoms with van der Waals surface area (Å²) in [7, 11) is 1.22. The van der Waals surface area contributed by atoms with Gasteiger partial charge in [0.25, 0.3) is 6.43 Å². The van der Waals surface area contributed by atoms with E-state index in [4.69, 9.17) is 15.6 Å². The Morgan fingerprint density at radius 3 is 2.75 bits per heavy atom. The molecular formula is C9H10F2N2O3. The largest absolute Gasteiger partial charge is 0.493 e. The predicted molar refractivity (Wildman–Crippen MR) is 51.5 cm³/mol. The summed E-state index contributed by atoms with van der Waals surface area (Å²) >= 11 is 0. The molecule has 7 heteroatoms. The summed E-state index contributed by atoms with van der Waals surface area (Å²) in [5.41, 5.74) is 4.72. The van der Waals surface area contributed by atoms with E-state index in [2.05, 4.69) is 4.98 Å². The standard InChI is InChI=1S/C9H10F2N2O3/c1-16-8-5(2-6(14)15)13-3-4(7(8)12)9(10)11/h3,9H,2H2,1H3,(H2,12,13)(H,14,15). The third kappa shape index (κ3) is 2.36. The Morgan fingerprint density at radius 2 is 2.31 bits per heavy atom. The highest BCUT2D eigenvalue weighted by Crippen LogP contribution is 2.33. The van der Waals surface area contributed by atoms with Gasteiger partial charge >= 0.3 is 5.97 Å². The quantitative estimate of drug-likeness (QED) is 0.815. The van der Waals surface area contributed by atoms with E-state index in [9.17, 15) is 13.6 Å². The van der Waals surface area contributed by atoms with Crippen molar-refractivity contribution in [1.29, 1.82) is 0 Å². The van der Waals surface area contributed by atoms with Crippen molar-refractivity contribution in [3.05, 3.63) is 17.5 Å². The van der Waals surface area contributed by atoms with Crippen molar-refractivity contribution in [2.24, 2.45) is 0 Å². The summed E-state index contributed by atoms with van der Waals surface area (Å²) in [5.74, 6) is -1.25. The Balaban J connectivity index is 3.23. The highest BCUT2D eigenvalue weighted by Gasteiger charge is 2.20. The fraction of sp³-hybridized carbons (Fsp3) is 0.333. The number of alkyl halides is 2. The van der Waals surface area contributed by atoms with Gasteiger partial charge in [0.1, 0.15) is 0 Å². The smallest absolute Gasteiger partial charge is 0.309 e. The minimum absolute atomic E-state index is 0.0249. The van der Waals surface area contributed by atoms with Gasteiger partial charge in [0.05, 0.1) is 30.5 Å². The van der Waals surface area contributed by atoms with Crippen molar-refractivity contribution in [2.45, 2.75) is 12.8 Å². The number of nitrogens with zero attached hydrogens (tertiary/aromatic N) is 1. The number of carbonyl (C=O) groups is 1. The fourth-order valence-electron chi connectivity index (χ4n) is 1.23. The lowest BCUT2D eigenvalue weighted by molar-refractivity contribution is -0.136. The molecule has 0 unspecified atom stereocenters. The molecule has 5 nitrogen and oxygen atoms in total. The Morgan fingerprint density at radius 1 is 1.69 bits per heavy atom. The number of anilines is 1. The molecule has 1 aromatic rings. The van der Waals surface area contributed by atoms with Crippen molar-refractivity contribution in [3.8, 4) is 5.75 Å². The van der Waals surface area contributed by atoms with Gasteiger partial charge in [-0.15, -0.1) is 0 Å². The van der Waals surface area contributed by atoms with Crippen molar-refractivity contribution >= 4 is 11.7 Å². The lowest BCUT2D eigenvalue weighted by atomic mass is 10.1. The van der Waals surface area contributed by atoms with Crippen LogP contribution in [0.5, 0.6) is 5.75 Å². The molecule has 0 spiro atoms. The van der Waals surface area contributed by atoms with E-state index in [1.165, 1.54) is 7.11 Å². The normalized spacial score (nSPS) is 10.5. The number of methoxy groups -OCH3 is 1. The van der Waals surface area contributed by atoms with Crippen LogP contribution in [0.4, 0.5) is 14.5 Å². The molecule has 1 heterocycles. The third-order valence-electron chi connectivity index (χ3n) is 1.94. The summed E-state index contributed by atoms with van der Waals surface area (Å²) < 4.78 is 29.7. The van der Waals surface area contributed by atoms with Crippen LogP contribution in [0.15, 0.2) is 6.20 Å². The number of pyridine rings is 1. The van der Waals surface area contributed by atoms with Crippen LogP contribution in [0.25, 0.3) is 0 Å². The van der Waals surface area contributed by atoms with Gasteiger partial charge in [-0.25, -0.2) is 8.78 Å². The predicted octanol–water partition coefficient (Wildman–Crippen LogP) is 1.24. The average molecular weight is 232 g/mol. The molecule has 0 saturated heterocycles. The van der Waals surface area contributed by atoms with Crippen LogP contribution in [-0.4, -0.2) is 23.2 Å². The van der Waals surface area contributed by atoms with E-state index < -0.39 is 24.4 Å². The molecule has 0 bridgehead atoms. The number of carboxylic acids is 1. The molecule has 16 heavy (non-hydrogen) atoms. The Kier molecular flexibility index (Phi) is 3.60. The van der Waals surface area contributed by atoms with Gasteiger partial charge in [-0.1, -0.05) is 0 Å². The number of hydrogen-bond acceptors (Lipinski definition) is 4. The first-order valence-corrected chi connectivity index (χ1v) is 4.28. The zero-order chi connectivity index (χ0) is 12.3. The van der Waals surface area contributed by atoms with Crippen LogP contribution in [0, 0.1) is 0 Å². The molecule has 0 aromatic carbocycles. The van der Waals surface area contributed by atoms with Gasteiger partial charge in [0.2, 0.25) is 0 Å². The molecule has 0 aliphatic heterocycles. The number of halogens is 2. The number of aromatic nitrogens is 1. The molecule has 88 valence electrons. The van der Waals surface area contributed by atoms with E-state index in [-0.39, 0.29) is 17.1 Å². The van der Waals surface area contributed by atoms with Crippen LogP contribution in [0.1, 0.15) is 17.7 Å². The Labute approximate surface area is 89.9 Å². The van der Waals surface area contributed by atoms with Crippen LogP contribution >= 0.6 is 0 Å². The average Bonchev–Trinajstić information content (AvgIpc) is 2.16. The topological polar surface area (TPSA) is 85.4 Å². The van der Waals surface area contributed by atoms with Gasteiger partial charge < -0.3 is 15.6 Å². The van der Waals surface area contributed by atoms with Crippen molar-refractivity contribution < 1.29 is 23.4 Å². The van der Waals surface area contributed by atoms with E-state index in [1.807, 2.05) is 0 Å². The lowest BCUT2D eigenvalue weighted by Crippen LogP contribution is -2.08. The summed E-state index contributed by atoms with van der Waals surface area (Å²) in [6.45, 7) is 0. The van der Waals surface area contributed by atoms with Gasteiger partial charge in [0.15, 0.2) is 5.75 Å². The maximum Gasteiger partial charge on any atom is 0.309 e. The van der Waals surface area contributed by atoms with Crippen LogP contribution in [0.2, 0.25) is 0 Å². The van der Waals surface area contributed by atoms with E-state index in [0.29, 0.717) is 0 Å². The number of rotatable bonds is 4. The van der Waals surface area contributed by atoms with Crippen molar-refractivity contribution in [3.63, 3.8) is 0 Å². The van der Waals surface area contributed by atoms with Gasteiger partial charge in [0, 0.05) is 6.20 Å². The molecule has 0 aliphatic carbocycles. The number of hydrogen-bond donors (Lipinski definition) is 2. The fourth-order valence-corrected chi connectivity index (χ4v) is 1.23. The minimum atomic E-state index is -2.78. The number of ether oxygens (including phenoxy) is 1. The maximum atomic E-state index is 12.4. The molecule has 0 fully saturated rings. The molecule has 3 N–H and O–H groups in total. The third-order valence-corrected chi connectivity index (χ3v) is 1.94. The molecule has 0 amide bonds. The number of nitrogens with two attached hydrogens (primary N) is 1. The SMILES string of the molecule is COc1c(CC(=O)O)ncc(C(F)F)c1N. The second kappa shape index (κ2) is 4.73. The van der Waals surface area contributed by atoms with Crippen LogP contribution in [0.3, 0.4) is 0 Å². The first-order valence-electron chi connectivity index (χ1n) is 4.28. The van der Waals surface area contributed by atoms with Crippen LogP contribution in [-0.2, 0) is 11.2 Å². The molecule has 1 rings (SSSR count). The molecular weight excluding hydrogens is 222 g/mol. The Hall–Kier alpha value is -1.92. The molecule has 0 aliphatic rings. The lowest BCUT2D eigenvalue weighted by Gasteiger charge is -2.12. The first-order chi connectivity index (χ1) is 7.47. The highest BCUT2D eigenvalue weighted by molar-refractivity contribution is 5.73. The second-order valence-electron chi connectivity index (χ2n) is 2.98. The summed E-state index contributed by atoms with van der Waals surface area (Å²) in [6, 6.07) is 0. The molecule has 0 radical (unpaired) electrons. The number of carboxylic acid groups (broad SMARTS) is 1. The number of aliphatic carboxylic acids is 1. The molecule has 0 atom stereocenters. The zero-order valence-corrected chi connectivity index (χ0v) is 8.41. The van der Waals surface area contributed by atoms with Gasteiger partial charge in [-0.3, -0.25) is 9.78 Å². The first kappa shape index (κ1) is 12.2. The molecule has 0 saturated carbocycles. The summed E-state index contributed by atoms with van der Waals surface area (Å²) in [5, 5.41) is 8.57. The molecule has 1 aromatic heterocycles. The maximum absolute atomic E-state index is 12.4. The van der Waals surface area contributed by atoms with E-state index in [1.54, 1.807) is 0 Å². The number of nitrogen functional groups attached to an aromatic ring is 1. The van der Waals surface area contributed by atoms with Crippen LogP contribution < -0.4 is 10.5 Å². The zero-order valence-electron chi connectivity index (χ0n) is 8.41. The monoisotopic (exact) mass is 232 g/mol. The van der Waals surface area contributed by atoms with E-state index >= 15 is 0 Å². The summed E-state index contributed by atoms with van der Waals surface area (Å²) in [4.78, 5) is 14.1. The van der Waals surface area contributed by atoms with Gasteiger partial charge in [-0.2, -0.15) is 0 Å². The highest BCUT2D eigenvalue weighted by atomic mass is 19.3. The Bertz CT molecular complexity index is 410. The van der Waals surface area contributed by atoms with Crippen molar-refractivity contribution in [2.75, 3.05) is 12.8 Å².